The number of halogens is 25. The van der Waals surface area contributed by atoms with Gasteiger partial charge in [0.05, 0.1) is 0 Å². The fraction of sp³-hybridized carbons (Fsp3) is 0.677. The van der Waals surface area contributed by atoms with Crippen LogP contribution in [-0.2, 0) is 25.4 Å². The minimum Gasteiger partial charge on any atom is -0.487 e. The maximum atomic E-state index is 14.4. The Morgan fingerprint density at radius 3 is 1.38 bits per heavy atom. The number of rotatable bonds is 24. The first kappa shape index (κ1) is 55.3. The van der Waals surface area contributed by atoms with E-state index in [2.05, 4.69) is 14.7 Å². The lowest BCUT2D eigenvalue weighted by molar-refractivity contribution is -0.610. The van der Waals surface area contributed by atoms with Crippen LogP contribution >= 0.6 is 0 Å². The van der Waals surface area contributed by atoms with E-state index in [4.69, 9.17) is 0 Å². The van der Waals surface area contributed by atoms with Crippen molar-refractivity contribution in [2.75, 3.05) is 6.61 Å². The highest BCUT2D eigenvalue weighted by Crippen LogP contribution is 2.59. The van der Waals surface area contributed by atoms with E-state index < -0.39 is 85.2 Å². The number of nitrogens with zero attached hydrogens (tertiary/aromatic N) is 2. The van der Waals surface area contributed by atoms with Gasteiger partial charge in [-0.2, -0.15) is 96.6 Å². The Labute approximate surface area is 334 Å². The average Bonchev–Trinajstić information content (AvgIpc) is 3.10. The van der Waals surface area contributed by atoms with Gasteiger partial charge in [-0.1, -0.05) is 39.0 Å². The summed E-state index contributed by atoms with van der Waals surface area (Å²) in [6.07, 6.45) is -47.1. The summed E-state index contributed by atoms with van der Waals surface area (Å²) in [4.78, 5) is 8.08. The predicted octanol–water partition coefficient (Wildman–Crippen LogP) is 12.7. The number of hydrogen-bond acceptors (Lipinski definition) is 7. The molecule has 0 bridgehead atoms. The topological polar surface area (TPSA) is 71.9 Å². The summed E-state index contributed by atoms with van der Waals surface area (Å²) in [6.45, 7) is -1.15. The van der Waals surface area contributed by atoms with E-state index in [0.29, 0.717) is 24.1 Å². The van der Waals surface area contributed by atoms with E-state index in [1.807, 2.05) is 6.92 Å². The van der Waals surface area contributed by atoms with Gasteiger partial charge in [-0.05, 0) is 42.7 Å². The summed E-state index contributed by atoms with van der Waals surface area (Å²) in [7, 11) is 0. The van der Waals surface area contributed by atoms with Crippen molar-refractivity contribution in [3.05, 3.63) is 42.2 Å². The van der Waals surface area contributed by atoms with Crippen LogP contribution in [0.25, 0.3) is 11.4 Å². The van der Waals surface area contributed by atoms with Crippen molar-refractivity contribution in [2.45, 2.75) is 125 Å². The smallest absolute Gasteiger partial charge is 0.487 e. The molecule has 32 heteroatoms. The quantitative estimate of drug-likeness (QED) is 0.0589. The van der Waals surface area contributed by atoms with E-state index in [1.54, 1.807) is 0 Å². The molecule has 7 nitrogen and oxygen atoms in total. The van der Waals surface area contributed by atoms with Gasteiger partial charge in [0.1, 0.15) is 5.75 Å². The molecule has 1 aromatic heterocycles. The van der Waals surface area contributed by atoms with Crippen LogP contribution in [0, 0.1) is 0 Å². The van der Waals surface area contributed by atoms with Crippen LogP contribution in [0.2, 0.25) is 0 Å². The SMILES string of the molecule is CCCCCCCCc1cnc(-c2ccc(OCC(F)(F)C(F)(F)C(F)(F)C(F)(F)C(F)(F)OC(F)(F)C(F)(F)OC(F)(F)C(F)(OC(F)(F)F)OC(F)(F)C(F)(F)F)cc2)nc1. The third-order valence-corrected chi connectivity index (χ3v) is 7.71. The fourth-order valence-corrected chi connectivity index (χ4v) is 4.39. The predicted molar refractivity (Wildman–Crippen MR) is 155 cm³/mol. The zero-order chi connectivity index (χ0) is 49.2. The summed E-state index contributed by atoms with van der Waals surface area (Å²) < 4.78 is 348. The van der Waals surface area contributed by atoms with Crippen molar-refractivity contribution in [1.29, 1.82) is 0 Å². The third kappa shape index (κ3) is 12.5. The molecule has 2 aromatic rings. The Kier molecular flexibility index (Phi) is 16.3. The van der Waals surface area contributed by atoms with E-state index in [-0.39, 0.29) is 11.4 Å². The highest BCUT2D eigenvalue weighted by Gasteiger charge is 2.89. The molecule has 364 valence electrons. The van der Waals surface area contributed by atoms with Crippen LogP contribution in [0.1, 0.15) is 51.0 Å². The van der Waals surface area contributed by atoms with Gasteiger partial charge in [-0.3, -0.25) is 0 Å². The van der Waals surface area contributed by atoms with Gasteiger partial charge in [0.25, 0.3) is 0 Å². The second-order valence-electron chi connectivity index (χ2n) is 12.6. The highest BCUT2D eigenvalue weighted by atomic mass is 19.4. The Bertz CT molecular complexity index is 1770. The summed E-state index contributed by atoms with van der Waals surface area (Å²) in [5.74, 6) is -33.0. The fourth-order valence-electron chi connectivity index (χ4n) is 4.39. The molecule has 2 rings (SSSR count). The third-order valence-electron chi connectivity index (χ3n) is 7.71. The summed E-state index contributed by atoms with van der Waals surface area (Å²) in [5, 5.41) is 0. The van der Waals surface area contributed by atoms with Gasteiger partial charge in [-0.25, -0.2) is 28.9 Å². The van der Waals surface area contributed by atoms with Crippen LogP contribution in [0.15, 0.2) is 36.7 Å². The monoisotopic (exact) mass is 980 g/mol. The molecule has 0 spiro atoms. The van der Waals surface area contributed by atoms with Gasteiger partial charge in [0, 0.05) is 18.0 Å². The molecule has 0 saturated heterocycles. The Morgan fingerprint density at radius 1 is 0.460 bits per heavy atom. The second kappa shape index (κ2) is 18.6. The van der Waals surface area contributed by atoms with Crippen molar-refractivity contribution in [3.63, 3.8) is 0 Å². The van der Waals surface area contributed by atoms with Gasteiger partial charge >= 0.3 is 72.8 Å². The summed E-state index contributed by atoms with van der Waals surface area (Å²) in [5.41, 5.74) is 0.760. The summed E-state index contributed by atoms with van der Waals surface area (Å²) >= 11 is 0. The number of alkyl halides is 25. The van der Waals surface area contributed by atoms with Gasteiger partial charge < -0.3 is 4.74 Å². The van der Waals surface area contributed by atoms with Gasteiger partial charge in [-0.15, -0.1) is 13.2 Å². The number of hydrogen-bond donors (Lipinski definition) is 0. The number of ether oxygens (including phenoxy) is 5. The number of aromatic nitrogens is 2. The van der Waals surface area contributed by atoms with E-state index in [9.17, 15) is 110 Å². The summed E-state index contributed by atoms with van der Waals surface area (Å²) in [6, 6.07) is -4.83. The first-order valence-electron chi connectivity index (χ1n) is 16.6. The molecule has 0 saturated carbocycles. The van der Waals surface area contributed by atoms with Crippen LogP contribution in [0.3, 0.4) is 0 Å². The molecule has 1 unspecified atom stereocenters. The molecule has 0 aliphatic rings. The molecule has 0 N–H and O–H groups in total. The highest BCUT2D eigenvalue weighted by molar-refractivity contribution is 5.55. The largest absolute Gasteiger partial charge is 0.527 e. The molecule has 1 atom stereocenters. The average molecular weight is 981 g/mol. The first-order valence-corrected chi connectivity index (χ1v) is 16.6. The van der Waals surface area contributed by atoms with Crippen LogP contribution in [0.4, 0.5) is 110 Å². The number of aryl methyl sites for hydroxylation is 1. The van der Waals surface area contributed by atoms with Crippen molar-refractivity contribution in [1.82, 2.24) is 9.97 Å². The maximum absolute atomic E-state index is 14.4. The zero-order valence-electron chi connectivity index (χ0n) is 30.5. The minimum absolute atomic E-state index is 0.0376. The number of benzene rings is 1. The van der Waals surface area contributed by atoms with E-state index >= 15 is 0 Å². The van der Waals surface area contributed by atoms with Crippen molar-refractivity contribution < 1.29 is 133 Å². The van der Waals surface area contributed by atoms with Crippen molar-refractivity contribution in [2.24, 2.45) is 0 Å². The van der Waals surface area contributed by atoms with E-state index in [0.717, 1.165) is 50.7 Å². The van der Waals surface area contributed by atoms with Crippen molar-refractivity contribution >= 4 is 0 Å². The minimum atomic E-state index is -8.68. The molecule has 0 radical (unpaired) electrons. The molecular formula is C31H25F25N2O5. The van der Waals surface area contributed by atoms with Crippen LogP contribution < -0.4 is 4.74 Å². The molecule has 0 aliphatic carbocycles. The molecule has 63 heavy (non-hydrogen) atoms. The lowest BCUT2D eigenvalue weighted by Crippen LogP contribution is -2.70. The lowest BCUT2D eigenvalue weighted by atomic mass is 9.98. The normalized spacial score (nSPS) is 15.7. The Balaban J connectivity index is 2.28. The first-order chi connectivity index (χ1) is 28.1. The maximum Gasteiger partial charge on any atom is 0.527 e. The molecule has 0 fully saturated rings. The lowest BCUT2D eigenvalue weighted by Gasteiger charge is -2.40. The van der Waals surface area contributed by atoms with Gasteiger partial charge in [0.15, 0.2) is 12.4 Å². The van der Waals surface area contributed by atoms with E-state index in [1.165, 1.54) is 31.3 Å². The molecule has 0 amide bonds. The zero-order valence-corrected chi connectivity index (χ0v) is 30.5. The molecule has 1 aromatic carbocycles. The second-order valence-corrected chi connectivity index (χ2v) is 12.6. The van der Waals surface area contributed by atoms with Gasteiger partial charge in [0.2, 0.25) is 0 Å². The number of unbranched alkanes of at least 4 members (excludes halogenated alkanes) is 5. The standard InChI is InChI=1S/C31H25F25N2O5/c1-2-3-4-5-6-7-8-16-13-57-19(58-14-16)17-9-11-18(12-10-17)59-15-20(32,33)21(34,35)22(36,37)23(38,39)25(43,44)60-27(47,48)28(49,50)61-29(51,52)30(53,63-31(54,55)56)62-26(45,46)24(40,41)42/h9-14H,2-8,15H2,1H3. The van der Waals surface area contributed by atoms with Crippen molar-refractivity contribution in [3.8, 4) is 17.1 Å². The van der Waals surface area contributed by atoms with Crippen LogP contribution in [0.5, 0.6) is 5.75 Å². The van der Waals surface area contributed by atoms with Crippen LogP contribution in [-0.4, -0.2) is 89.4 Å². The Morgan fingerprint density at radius 2 is 0.921 bits per heavy atom. The molecular weight excluding hydrogens is 955 g/mol. The molecule has 0 aliphatic heterocycles. The Hall–Kier alpha value is -3.81. The molecule has 1 heterocycles.